The first-order chi connectivity index (χ1) is 17.3. The predicted octanol–water partition coefficient (Wildman–Crippen LogP) is 1.67. The van der Waals surface area contributed by atoms with Crippen molar-refractivity contribution in [3.63, 3.8) is 0 Å². The van der Waals surface area contributed by atoms with Crippen LogP contribution in [0.2, 0.25) is 0 Å². The summed E-state index contributed by atoms with van der Waals surface area (Å²) in [5.41, 5.74) is 7.17. The molecule has 9 nitrogen and oxygen atoms in total. The van der Waals surface area contributed by atoms with Crippen molar-refractivity contribution in [3.8, 4) is 11.5 Å². The van der Waals surface area contributed by atoms with Crippen LogP contribution < -0.4 is 30.1 Å². The molecule has 0 spiro atoms. The Kier molecular flexibility index (Phi) is 7.35. The van der Waals surface area contributed by atoms with Crippen LogP contribution in [0.4, 0.5) is 0 Å². The van der Waals surface area contributed by atoms with Gasteiger partial charge in [0.25, 0.3) is 11.5 Å². The normalized spacial score (nSPS) is 15.2. The fourth-order valence-corrected chi connectivity index (χ4v) is 4.98. The van der Waals surface area contributed by atoms with Gasteiger partial charge in [-0.25, -0.2) is 9.79 Å². The van der Waals surface area contributed by atoms with Crippen molar-refractivity contribution in [3.05, 3.63) is 90.6 Å². The second kappa shape index (κ2) is 10.6. The fraction of sp³-hybridized carbons (Fsp3) is 0.231. The highest BCUT2D eigenvalue weighted by atomic mass is 32.1. The van der Waals surface area contributed by atoms with E-state index < -0.39 is 17.9 Å². The van der Waals surface area contributed by atoms with Gasteiger partial charge in [0, 0.05) is 0 Å². The molecule has 0 saturated carbocycles. The molecule has 2 heterocycles. The molecule has 4 rings (SSSR count). The summed E-state index contributed by atoms with van der Waals surface area (Å²) < 4.78 is 18.0. The molecular formula is C26H25N3O6S. The fourth-order valence-electron chi connectivity index (χ4n) is 3.94. The first-order valence-electron chi connectivity index (χ1n) is 11.2. The van der Waals surface area contributed by atoms with E-state index >= 15 is 0 Å². The SMILES string of the molecule is CCOC(=O)C1=C(C)N=c2sc(=Cc3ccc(OCC(N)=O)c(OC)c3)c(=O)n2C1c1ccccc1. The average Bonchev–Trinajstić information content (AvgIpc) is 3.16. The number of aromatic nitrogens is 1. The van der Waals surface area contributed by atoms with E-state index in [1.54, 1.807) is 38.1 Å². The van der Waals surface area contributed by atoms with Crippen LogP contribution in [-0.4, -0.2) is 36.8 Å². The molecule has 0 fully saturated rings. The topological polar surface area (TPSA) is 122 Å². The van der Waals surface area contributed by atoms with Gasteiger partial charge in [-0.15, -0.1) is 0 Å². The number of ether oxygens (including phenoxy) is 3. The second-order valence-corrected chi connectivity index (χ2v) is 8.89. The zero-order valence-electron chi connectivity index (χ0n) is 20.0. The van der Waals surface area contributed by atoms with E-state index in [2.05, 4.69) is 4.99 Å². The summed E-state index contributed by atoms with van der Waals surface area (Å²) in [7, 11) is 1.48. The Bertz CT molecular complexity index is 1520. The first-order valence-corrected chi connectivity index (χ1v) is 12.0. The van der Waals surface area contributed by atoms with Crippen LogP contribution in [0.3, 0.4) is 0 Å². The van der Waals surface area contributed by atoms with Crippen molar-refractivity contribution in [2.45, 2.75) is 19.9 Å². The number of methoxy groups -OCH3 is 1. The average molecular weight is 508 g/mol. The summed E-state index contributed by atoms with van der Waals surface area (Å²) in [6, 6.07) is 13.7. The third-order valence-electron chi connectivity index (χ3n) is 5.49. The number of carbonyl (C=O) groups is 2. The molecule has 0 aliphatic carbocycles. The Labute approximate surface area is 210 Å². The van der Waals surface area contributed by atoms with Gasteiger partial charge in [0.05, 0.1) is 35.6 Å². The highest BCUT2D eigenvalue weighted by molar-refractivity contribution is 7.07. The quantitative estimate of drug-likeness (QED) is 0.463. The van der Waals surface area contributed by atoms with Gasteiger partial charge >= 0.3 is 5.97 Å². The molecule has 186 valence electrons. The zero-order valence-corrected chi connectivity index (χ0v) is 20.8. The number of benzene rings is 2. The lowest BCUT2D eigenvalue weighted by Gasteiger charge is -2.24. The number of esters is 1. The highest BCUT2D eigenvalue weighted by Crippen LogP contribution is 2.31. The number of allylic oxidation sites excluding steroid dienone is 1. The van der Waals surface area contributed by atoms with Crippen molar-refractivity contribution in [2.75, 3.05) is 20.3 Å². The van der Waals surface area contributed by atoms with Crippen LogP contribution in [0.25, 0.3) is 6.08 Å². The summed E-state index contributed by atoms with van der Waals surface area (Å²) >= 11 is 1.23. The van der Waals surface area contributed by atoms with E-state index in [1.165, 1.54) is 23.0 Å². The lowest BCUT2D eigenvalue weighted by molar-refractivity contribution is -0.139. The minimum absolute atomic E-state index is 0.211. The van der Waals surface area contributed by atoms with Crippen molar-refractivity contribution in [2.24, 2.45) is 10.7 Å². The number of fused-ring (bicyclic) bond motifs is 1. The van der Waals surface area contributed by atoms with Crippen LogP contribution >= 0.6 is 11.3 Å². The maximum absolute atomic E-state index is 13.6. The van der Waals surface area contributed by atoms with Gasteiger partial charge < -0.3 is 19.9 Å². The summed E-state index contributed by atoms with van der Waals surface area (Å²) in [5, 5.41) is 0. The minimum atomic E-state index is -0.664. The number of amides is 1. The van der Waals surface area contributed by atoms with Gasteiger partial charge in [0.15, 0.2) is 22.9 Å². The molecule has 0 bridgehead atoms. The lowest BCUT2D eigenvalue weighted by atomic mass is 9.96. The molecule has 0 radical (unpaired) electrons. The van der Waals surface area contributed by atoms with Gasteiger partial charge in [-0.1, -0.05) is 47.7 Å². The molecule has 1 aromatic heterocycles. The van der Waals surface area contributed by atoms with Gasteiger partial charge in [0.1, 0.15) is 0 Å². The van der Waals surface area contributed by atoms with Crippen molar-refractivity contribution >= 4 is 29.3 Å². The van der Waals surface area contributed by atoms with Crippen molar-refractivity contribution < 1.29 is 23.8 Å². The van der Waals surface area contributed by atoms with Gasteiger partial charge in [-0.3, -0.25) is 14.2 Å². The predicted molar refractivity (Wildman–Crippen MR) is 135 cm³/mol. The molecular weight excluding hydrogens is 482 g/mol. The largest absolute Gasteiger partial charge is 0.493 e. The Morgan fingerprint density at radius 1 is 1.17 bits per heavy atom. The molecule has 1 atom stereocenters. The number of nitrogens with two attached hydrogens (primary N) is 1. The third kappa shape index (κ3) is 4.94. The molecule has 1 aliphatic heterocycles. The van der Waals surface area contributed by atoms with Crippen LogP contribution in [0.15, 0.2) is 69.6 Å². The van der Waals surface area contributed by atoms with Crippen molar-refractivity contribution in [1.82, 2.24) is 4.57 Å². The molecule has 2 N–H and O–H groups in total. The van der Waals surface area contributed by atoms with E-state index in [-0.39, 0.29) is 18.8 Å². The Morgan fingerprint density at radius 3 is 2.58 bits per heavy atom. The molecule has 1 aliphatic rings. The summed E-state index contributed by atoms with van der Waals surface area (Å²) in [6.07, 6.45) is 1.72. The Morgan fingerprint density at radius 2 is 1.92 bits per heavy atom. The Hall–Kier alpha value is -4.18. The smallest absolute Gasteiger partial charge is 0.338 e. The number of hydrogen-bond donors (Lipinski definition) is 1. The van der Waals surface area contributed by atoms with Crippen molar-refractivity contribution in [1.29, 1.82) is 0 Å². The monoisotopic (exact) mass is 507 g/mol. The summed E-state index contributed by atoms with van der Waals surface area (Å²) in [4.78, 5) is 42.6. The highest BCUT2D eigenvalue weighted by Gasteiger charge is 2.33. The van der Waals surface area contributed by atoms with Crippen LogP contribution in [0.1, 0.15) is 31.0 Å². The van der Waals surface area contributed by atoms with E-state index in [4.69, 9.17) is 19.9 Å². The number of carbonyl (C=O) groups excluding carboxylic acids is 2. The zero-order chi connectivity index (χ0) is 25.8. The second-order valence-electron chi connectivity index (χ2n) is 7.88. The van der Waals surface area contributed by atoms with Crippen LogP contribution in [0, 0.1) is 0 Å². The van der Waals surface area contributed by atoms with Gasteiger partial charge in [-0.05, 0) is 43.2 Å². The molecule has 0 saturated heterocycles. The molecule has 1 unspecified atom stereocenters. The number of nitrogens with zero attached hydrogens (tertiary/aromatic N) is 2. The van der Waals surface area contributed by atoms with Gasteiger partial charge in [-0.2, -0.15) is 0 Å². The molecule has 2 aromatic carbocycles. The van der Waals surface area contributed by atoms with E-state index in [0.29, 0.717) is 37.7 Å². The molecule has 1 amide bonds. The maximum Gasteiger partial charge on any atom is 0.338 e. The summed E-state index contributed by atoms with van der Waals surface area (Å²) in [5.74, 6) is -0.361. The maximum atomic E-state index is 13.6. The summed E-state index contributed by atoms with van der Waals surface area (Å²) in [6.45, 7) is 3.41. The van der Waals surface area contributed by atoms with Gasteiger partial charge in [0.2, 0.25) is 0 Å². The van der Waals surface area contributed by atoms with Crippen LogP contribution in [-0.2, 0) is 14.3 Å². The standard InChI is InChI=1S/C26H25N3O6S/c1-4-34-25(32)22-15(2)28-26-29(23(22)17-8-6-5-7-9-17)24(31)20(36-26)13-16-10-11-18(19(12-16)33-3)35-14-21(27)30/h5-13,23H,4,14H2,1-3H3,(H2,27,30). The number of rotatable bonds is 8. The first kappa shape index (κ1) is 24.9. The molecule has 10 heteroatoms. The lowest BCUT2D eigenvalue weighted by Crippen LogP contribution is -2.39. The molecule has 36 heavy (non-hydrogen) atoms. The minimum Gasteiger partial charge on any atom is -0.493 e. The van der Waals surface area contributed by atoms with E-state index in [9.17, 15) is 14.4 Å². The third-order valence-corrected chi connectivity index (χ3v) is 6.47. The number of thiazole rings is 1. The number of hydrogen-bond acceptors (Lipinski definition) is 8. The van der Waals surface area contributed by atoms with E-state index in [1.807, 2.05) is 30.3 Å². The van der Waals surface area contributed by atoms with E-state index in [0.717, 1.165) is 5.56 Å². The van der Waals surface area contributed by atoms with Crippen LogP contribution in [0.5, 0.6) is 11.5 Å². The number of primary amides is 1. The Balaban J connectivity index is 1.84. The molecule has 3 aromatic rings.